The van der Waals surface area contributed by atoms with Crippen LogP contribution in [0.2, 0.25) is 0 Å². The lowest BCUT2D eigenvalue weighted by Gasteiger charge is -2.49. The molecule has 2 atom stereocenters. The molecule has 3 aromatic rings. The Hall–Kier alpha value is -3.76. The second-order valence-electron chi connectivity index (χ2n) is 10.3. The van der Waals surface area contributed by atoms with Gasteiger partial charge in [-0.15, -0.1) is 11.5 Å². The number of halogens is 4. The van der Waals surface area contributed by atoms with Gasteiger partial charge in [0, 0.05) is 37.0 Å². The normalized spacial score (nSPS) is 20.4. The van der Waals surface area contributed by atoms with Crippen molar-refractivity contribution in [3.05, 3.63) is 30.1 Å². The van der Waals surface area contributed by atoms with Crippen molar-refractivity contribution < 1.29 is 22.3 Å². The van der Waals surface area contributed by atoms with E-state index in [1.165, 1.54) is 0 Å². The Kier molecular flexibility index (Phi) is 8.84. The minimum Gasteiger partial charge on any atom is -0.382 e. The molecule has 13 heteroatoms. The average Bonchev–Trinajstić information content (AvgIpc) is 3.31. The second kappa shape index (κ2) is 12.0. The molecule has 2 saturated heterocycles. The molecular weight excluding hydrogens is 540 g/mol. The number of nitrogens with one attached hydrogen (secondary N) is 1. The highest BCUT2D eigenvalue weighted by atomic mass is 19.4. The molecule has 9 nitrogen and oxygen atoms in total. The monoisotopic (exact) mass is 574 g/mol. The molecule has 0 saturated carbocycles. The lowest BCUT2D eigenvalue weighted by atomic mass is 9.91. The number of terminal acetylenes is 1. The van der Waals surface area contributed by atoms with Crippen LogP contribution in [0, 0.1) is 19.3 Å². The zero-order valence-corrected chi connectivity index (χ0v) is 23.5. The van der Waals surface area contributed by atoms with Gasteiger partial charge in [-0.1, -0.05) is 12.8 Å². The van der Waals surface area contributed by atoms with Crippen LogP contribution in [0.1, 0.15) is 39.3 Å². The number of pyridine rings is 1. The number of rotatable bonds is 5. The first kappa shape index (κ1) is 30.2. The smallest absolute Gasteiger partial charge is 0.382 e. The first-order valence-corrected chi connectivity index (χ1v) is 13.3. The molecule has 0 amide bonds. The number of fused-ring (bicyclic) bond motifs is 1. The summed E-state index contributed by atoms with van der Waals surface area (Å²) < 4.78 is 54.4. The van der Waals surface area contributed by atoms with Crippen LogP contribution in [-0.4, -0.2) is 80.4 Å². The maximum absolute atomic E-state index is 15.1. The summed E-state index contributed by atoms with van der Waals surface area (Å²) in [4.78, 5) is 15.6. The van der Waals surface area contributed by atoms with Gasteiger partial charge >= 0.3 is 6.18 Å². The van der Waals surface area contributed by atoms with Gasteiger partial charge in [0.1, 0.15) is 17.2 Å². The molecule has 2 fully saturated rings. The summed E-state index contributed by atoms with van der Waals surface area (Å²) in [6.45, 7) is 8.70. The largest absolute Gasteiger partial charge is 0.388 e. The van der Waals surface area contributed by atoms with E-state index in [2.05, 4.69) is 26.3 Å². The molecular formula is C28H34F4N8O. The van der Waals surface area contributed by atoms with E-state index in [0.717, 1.165) is 35.3 Å². The van der Waals surface area contributed by atoms with Gasteiger partial charge in [-0.3, -0.25) is 14.9 Å². The van der Waals surface area contributed by atoms with Crippen LogP contribution in [0.15, 0.2) is 29.4 Å². The second-order valence-corrected chi connectivity index (χ2v) is 10.3. The van der Waals surface area contributed by atoms with Crippen molar-refractivity contribution in [1.29, 1.82) is 0 Å². The molecule has 3 N–H and O–H groups in total. The molecule has 3 aromatic heterocycles. The number of likely N-dealkylation sites (tertiary alicyclic amines) is 1. The Morgan fingerprint density at radius 1 is 1.27 bits per heavy atom. The standard InChI is InChI=1S/C25H29FN8O.C3H5F3/c1-5-25(13-35-14-25)33-10-9-21(18(26)12-33)30-24-31-23(27)22-17(8-11-34(22)32-24)20-7-6-19(16(4)29-20)28-15(2)3;1-2-3(4,5)6/h1,6-8,11,18,21H,9-10,12-14H2,2-4H3,(H3,27,30,31,32);2H2,1H3. The SMILES string of the molecule is C#CC1(N2CCC(Nc3nc(N)c4c(-c5ccc(N=C(C)C)c(C)n5)ccn4n3)C(F)C2)COC1.CCC(F)(F)F. The van der Waals surface area contributed by atoms with Crippen LogP contribution in [0.3, 0.4) is 0 Å². The van der Waals surface area contributed by atoms with Crippen molar-refractivity contribution in [2.45, 2.75) is 64.5 Å². The molecule has 0 aliphatic carbocycles. The number of hydrogen-bond acceptors (Lipinski definition) is 8. The van der Waals surface area contributed by atoms with Gasteiger partial charge in [-0.05, 0) is 45.4 Å². The minimum absolute atomic E-state index is 0.235. The Morgan fingerprint density at radius 2 is 1.98 bits per heavy atom. The topological polar surface area (TPSA) is 106 Å². The first-order valence-electron chi connectivity index (χ1n) is 13.3. The Morgan fingerprint density at radius 3 is 2.51 bits per heavy atom. The summed E-state index contributed by atoms with van der Waals surface area (Å²) in [6.07, 6.45) is 2.25. The number of nitrogens with zero attached hydrogens (tertiary/aromatic N) is 6. The number of aromatic nitrogens is 4. The number of piperidine rings is 1. The van der Waals surface area contributed by atoms with Gasteiger partial charge < -0.3 is 15.8 Å². The Labute approximate surface area is 236 Å². The highest BCUT2D eigenvalue weighted by molar-refractivity contribution is 5.87. The minimum atomic E-state index is -3.96. The third-order valence-electron chi connectivity index (χ3n) is 7.03. The fraction of sp³-hybridized carbons (Fsp3) is 0.500. The summed E-state index contributed by atoms with van der Waals surface area (Å²) in [5, 5.41) is 7.67. The van der Waals surface area contributed by atoms with Crippen LogP contribution in [0.25, 0.3) is 16.8 Å². The molecule has 220 valence electrons. The number of nitrogen functional groups attached to an aromatic ring is 1. The summed E-state index contributed by atoms with van der Waals surface area (Å²) in [6, 6.07) is 5.31. The Bertz CT molecular complexity index is 1450. The average molecular weight is 575 g/mol. The maximum Gasteiger partial charge on any atom is 0.388 e. The molecule has 2 aliphatic heterocycles. The molecule has 41 heavy (non-hydrogen) atoms. The van der Waals surface area contributed by atoms with Crippen molar-refractivity contribution in [3.8, 4) is 23.6 Å². The molecule has 2 aliphatic rings. The van der Waals surface area contributed by atoms with E-state index in [1.54, 1.807) is 10.7 Å². The highest BCUT2D eigenvalue weighted by Crippen LogP contribution is 2.32. The quantitative estimate of drug-likeness (QED) is 0.252. The van der Waals surface area contributed by atoms with Crippen molar-refractivity contribution in [2.75, 3.05) is 37.4 Å². The van der Waals surface area contributed by atoms with E-state index in [-0.39, 0.29) is 12.5 Å². The molecule has 0 bridgehead atoms. The summed E-state index contributed by atoms with van der Waals surface area (Å²) in [5.74, 6) is 3.36. The molecule has 5 heterocycles. The summed E-state index contributed by atoms with van der Waals surface area (Å²) in [7, 11) is 0. The van der Waals surface area contributed by atoms with E-state index in [4.69, 9.17) is 21.9 Å². The summed E-state index contributed by atoms with van der Waals surface area (Å²) >= 11 is 0. The van der Waals surface area contributed by atoms with Gasteiger partial charge in [0.25, 0.3) is 0 Å². The number of hydrogen-bond donors (Lipinski definition) is 2. The van der Waals surface area contributed by atoms with Crippen molar-refractivity contribution in [2.24, 2.45) is 4.99 Å². The lowest BCUT2D eigenvalue weighted by molar-refractivity contribution is -0.130. The number of nitrogens with two attached hydrogens (primary N) is 1. The van der Waals surface area contributed by atoms with E-state index < -0.39 is 30.3 Å². The number of aliphatic imine (C=N–C) groups is 1. The summed E-state index contributed by atoms with van der Waals surface area (Å²) in [5.41, 5.74) is 10.7. The number of alkyl halides is 4. The molecule has 0 spiro atoms. The number of anilines is 2. The lowest BCUT2D eigenvalue weighted by Crippen LogP contribution is -2.65. The highest BCUT2D eigenvalue weighted by Gasteiger charge is 2.46. The maximum atomic E-state index is 15.1. The molecule has 0 radical (unpaired) electrons. The number of ether oxygens (including phenoxy) is 1. The van der Waals surface area contributed by atoms with Crippen LogP contribution in [-0.2, 0) is 4.74 Å². The van der Waals surface area contributed by atoms with Gasteiger partial charge in [-0.25, -0.2) is 8.91 Å². The van der Waals surface area contributed by atoms with E-state index >= 15 is 4.39 Å². The zero-order chi connectivity index (χ0) is 29.9. The van der Waals surface area contributed by atoms with E-state index in [0.29, 0.717) is 37.5 Å². The van der Waals surface area contributed by atoms with Gasteiger partial charge in [0.15, 0.2) is 5.82 Å². The van der Waals surface area contributed by atoms with Crippen LogP contribution >= 0.6 is 0 Å². The van der Waals surface area contributed by atoms with Crippen molar-refractivity contribution >= 4 is 28.7 Å². The third kappa shape index (κ3) is 6.77. The zero-order valence-electron chi connectivity index (χ0n) is 23.5. The predicted molar refractivity (Wildman–Crippen MR) is 151 cm³/mol. The Balaban J connectivity index is 0.000000585. The van der Waals surface area contributed by atoms with Crippen LogP contribution in [0.5, 0.6) is 0 Å². The van der Waals surface area contributed by atoms with Crippen LogP contribution < -0.4 is 11.1 Å². The van der Waals surface area contributed by atoms with Crippen LogP contribution in [0.4, 0.5) is 35.0 Å². The number of aryl methyl sites for hydroxylation is 1. The van der Waals surface area contributed by atoms with E-state index in [1.807, 2.05) is 43.9 Å². The van der Waals surface area contributed by atoms with E-state index in [9.17, 15) is 13.2 Å². The molecule has 0 aromatic carbocycles. The fourth-order valence-electron chi connectivity index (χ4n) is 4.66. The molecule has 5 rings (SSSR count). The first-order chi connectivity index (χ1) is 19.4. The third-order valence-corrected chi connectivity index (χ3v) is 7.03. The van der Waals surface area contributed by atoms with Gasteiger partial charge in [-0.2, -0.15) is 18.2 Å². The van der Waals surface area contributed by atoms with Crippen molar-refractivity contribution in [1.82, 2.24) is 24.5 Å². The van der Waals surface area contributed by atoms with Gasteiger partial charge in [0.05, 0.1) is 36.3 Å². The molecule has 2 unspecified atom stereocenters. The van der Waals surface area contributed by atoms with Gasteiger partial charge in [0.2, 0.25) is 5.95 Å². The van der Waals surface area contributed by atoms with Crippen molar-refractivity contribution in [3.63, 3.8) is 0 Å². The fourth-order valence-corrected chi connectivity index (χ4v) is 4.66. The predicted octanol–water partition coefficient (Wildman–Crippen LogP) is 4.98.